The summed E-state index contributed by atoms with van der Waals surface area (Å²) in [7, 11) is 0.578. The molecule has 1 rings (SSSR count). The Morgan fingerprint density at radius 2 is 1.90 bits per heavy atom. The molecule has 4 nitrogen and oxygen atoms in total. The maximum atomic E-state index is 12.0. The molecule has 1 unspecified atom stereocenters. The van der Waals surface area contributed by atoms with E-state index in [1.54, 1.807) is 21.0 Å². The van der Waals surface area contributed by atoms with Crippen LogP contribution < -0.4 is 10.1 Å². The van der Waals surface area contributed by atoms with Crippen molar-refractivity contribution in [3.05, 3.63) is 29.8 Å². The fourth-order valence-corrected chi connectivity index (χ4v) is 3.45. The summed E-state index contributed by atoms with van der Waals surface area (Å²) < 4.78 is 29.3. The minimum absolute atomic E-state index is 0.242. The van der Waals surface area contributed by atoms with Crippen molar-refractivity contribution >= 4 is 9.84 Å². The molecule has 5 heteroatoms. The normalized spacial score (nSPS) is 13.4. The Morgan fingerprint density at radius 1 is 1.24 bits per heavy atom. The predicted molar refractivity (Wildman–Crippen MR) is 87.7 cm³/mol. The van der Waals surface area contributed by atoms with Gasteiger partial charge in [-0.2, -0.15) is 0 Å². The second kappa shape index (κ2) is 8.39. The van der Waals surface area contributed by atoms with E-state index in [4.69, 9.17) is 4.74 Å². The van der Waals surface area contributed by atoms with Gasteiger partial charge in [0.05, 0.1) is 18.1 Å². The van der Waals surface area contributed by atoms with E-state index >= 15 is 0 Å². The summed E-state index contributed by atoms with van der Waals surface area (Å²) in [5.74, 6) is 1.39. The van der Waals surface area contributed by atoms with Gasteiger partial charge in [0.1, 0.15) is 5.75 Å². The van der Waals surface area contributed by atoms with Gasteiger partial charge in [-0.1, -0.05) is 18.2 Å². The third-order valence-electron chi connectivity index (χ3n) is 3.72. The maximum Gasteiger partial charge on any atom is 0.152 e. The topological polar surface area (TPSA) is 55.4 Å². The second-order valence-electron chi connectivity index (χ2n) is 5.64. The fraction of sp³-hybridized carbons (Fsp3) is 0.625. The quantitative estimate of drug-likeness (QED) is 0.760. The standard InChI is InChI=1S/C16H27NO3S/c1-13(2)21(18,19)10-9-14(12-17-3)11-15-7-5-6-8-16(15)20-4/h5-8,13-14,17H,9-12H2,1-4H3. The van der Waals surface area contributed by atoms with Crippen LogP contribution in [0.3, 0.4) is 0 Å². The summed E-state index contributed by atoms with van der Waals surface area (Å²) in [5.41, 5.74) is 1.13. The summed E-state index contributed by atoms with van der Waals surface area (Å²) in [6.07, 6.45) is 1.48. The Hall–Kier alpha value is -1.07. The summed E-state index contributed by atoms with van der Waals surface area (Å²) in [6.45, 7) is 4.27. The largest absolute Gasteiger partial charge is 0.496 e. The van der Waals surface area contributed by atoms with Crippen molar-refractivity contribution in [2.24, 2.45) is 5.92 Å². The van der Waals surface area contributed by atoms with Crippen molar-refractivity contribution < 1.29 is 13.2 Å². The minimum atomic E-state index is -2.98. The molecule has 0 fully saturated rings. The molecule has 0 aliphatic heterocycles. The number of sulfone groups is 1. The van der Waals surface area contributed by atoms with Gasteiger partial charge in [-0.15, -0.1) is 0 Å². The lowest BCUT2D eigenvalue weighted by Gasteiger charge is -2.19. The van der Waals surface area contributed by atoms with E-state index in [0.717, 1.165) is 24.3 Å². The van der Waals surface area contributed by atoms with Crippen molar-refractivity contribution in [2.45, 2.75) is 31.9 Å². The zero-order valence-corrected chi connectivity index (χ0v) is 14.2. The van der Waals surface area contributed by atoms with Crippen LogP contribution in [0.25, 0.3) is 0 Å². The molecule has 0 aliphatic rings. The van der Waals surface area contributed by atoms with E-state index in [1.807, 2.05) is 31.3 Å². The maximum absolute atomic E-state index is 12.0. The third kappa shape index (κ3) is 5.67. The predicted octanol–water partition coefficient (Wildman–Crippen LogP) is 2.29. The lowest BCUT2D eigenvalue weighted by Crippen LogP contribution is -2.26. The summed E-state index contributed by atoms with van der Waals surface area (Å²) in [4.78, 5) is 0. The highest BCUT2D eigenvalue weighted by atomic mass is 32.2. The van der Waals surface area contributed by atoms with Crippen LogP contribution in [-0.2, 0) is 16.3 Å². The number of hydrogen-bond donors (Lipinski definition) is 1. The molecule has 1 aromatic carbocycles. The van der Waals surface area contributed by atoms with Crippen LogP contribution in [0.5, 0.6) is 5.75 Å². The van der Waals surface area contributed by atoms with Crippen LogP contribution in [0.4, 0.5) is 0 Å². The average molecular weight is 313 g/mol. The van der Waals surface area contributed by atoms with Gasteiger partial charge in [0.15, 0.2) is 9.84 Å². The first-order chi connectivity index (χ1) is 9.90. The molecule has 0 saturated heterocycles. The highest BCUT2D eigenvalue weighted by molar-refractivity contribution is 7.91. The van der Waals surface area contributed by atoms with Gasteiger partial charge in [-0.3, -0.25) is 0 Å². The Bertz CT molecular complexity index is 526. The molecule has 0 bridgehead atoms. The van der Waals surface area contributed by atoms with Crippen LogP contribution in [0.1, 0.15) is 25.8 Å². The van der Waals surface area contributed by atoms with Gasteiger partial charge < -0.3 is 10.1 Å². The fourth-order valence-electron chi connectivity index (χ4n) is 2.31. The molecule has 0 saturated carbocycles. The highest BCUT2D eigenvalue weighted by Crippen LogP contribution is 2.22. The third-order valence-corrected chi connectivity index (χ3v) is 5.96. The SMILES string of the molecule is CNCC(CCS(=O)(=O)C(C)C)Cc1ccccc1OC. The van der Waals surface area contributed by atoms with Crippen LogP contribution in [-0.4, -0.2) is 40.1 Å². The van der Waals surface area contributed by atoms with Gasteiger partial charge in [0, 0.05) is 0 Å². The molecule has 0 spiro atoms. The van der Waals surface area contributed by atoms with Crippen LogP contribution in [0, 0.1) is 5.92 Å². The van der Waals surface area contributed by atoms with Gasteiger partial charge in [0.25, 0.3) is 0 Å². The van der Waals surface area contributed by atoms with E-state index in [0.29, 0.717) is 6.42 Å². The van der Waals surface area contributed by atoms with Crippen molar-refractivity contribution in [3.8, 4) is 5.75 Å². The molecule has 21 heavy (non-hydrogen) atoms. The highest BCUT2D eigenvalue weighted by Gasteiger charge is 2.19. The molecule has 0 aromatic heterocycles. The number of hydrogen-bond acceptors (Lipinski definition) is 4. The van der Waals surface area contributed by atoms with Crippen molar-refractivity contribution in [1.82, 2.24) is 5.32 Å². The van der Waals surface area contributed by atoms with Crippen LogP contribution in [0.15, 0.2) is 24.3 Å². The van der Waals surface area contributed by atoms with Gasteiger partial charge in [0.2, 0.25) is 0 Å². The molecule has 0 heterocycles. The monoisotopic (exact) mass is 313 g/mol. The molecule has 0 radical (unpaired) electrons. The van der Waals surface area contributed by atoms with Crippen molar-refractivity contribution in [3.63, 3.8) is 0 Å². The first kappa shape index (κ1) is 18.0. The molecule has 120 valence electrons. The second-order valence-corrected chi connectivity index (χ2v) is 8.32. The van der Waals surface area contributed by atoms with Gasteiger partial charge in [-0.05, 0) is 57.8 Å². The zero-order valence-electron chi connectivity index (χ0n) is 13.4. The lowest BCUT2D eigenvalue weighted by molar-refractivity contribution is 0.400. The number of rotatable bonds is 9. The average Bonchev–Trinajstić information content (AvgIpc) is 2.45. The van der Waals surface area contributed by atoms with Crippen molar-refractivity contribution in [2.75, 3.05) is 26.5 Å². The molecular formula is C16H27NO3S. The number of ether oxygens (including phenoxy) is 1. The number of para-hydroxylation sites is 1. The van der Waals surface area contributed by atoms with E-state index in [-0.39, 0.29) is 16.9 Å². The minimum Gasteiger partial charge on any atom is -0.496 e. The molecule has 0 amide bonds. The van der Waals surface area contributed by atoms with E-state index in [1.165, 1.54) is 0 Å². The van der Waals surface area contributed by atoms with Crippen LogP contribution in [0.2, 0.25) is 0 Å². The number of nitrogens with one attached hydrogen (secondary N) is 1. The summed E-state index contributed by atoms with van der Waals surface area (Å²) in [5, 5.41) is 2.85. The van der Waals surface area contributed by atoms with Crippen molar-refractivity contribution in [1.29, 1.82) is 0 Å². The first-order valence-corrected chi connectivity index (χ1v) is 9.10. The first-order valence-electron chi connectivity index (χ1n) is 7.38. The smallest absolute Gasteiger partial charge is 0.152 e. The molecule has 1 aromatic rings. The molecular weight excluding hydrogens is 286 g/mol. The van der Waals surface area contributed by atoms with E-state index in [2.05, 4.69) is 5.32 Å². The van der Waals surface area contributed by atoms with Crippen LogP contribution >= 0.6 is 0 Å². The van der Waals surface area contributed by atoms with E-state index in [9.17, 15) is 8.42 Å². The van der Waals surface area contributed by atoms with Gasteiger partial charge >= 0.3 is 0 Å². The lowest BCUT2D eigenvalue weighted by atomic mass is 9.96. The Labute approximate surface area is 128 Å². The Balaban J connectivity index is 2.74. The Morgan fingerprint density at radius 3 is 2.48 bits per heavy atom. The zero-order chi connectivity index (χ0) is 15.9. The van der Waals surface area contributed by atoms with E-state index < -0.39 is 9.84 Å². The molecule has 1 atom stereocenters. The number of benzene rings is 1. The Kier molecular flexibility index (Phi) is 7.18. The summed E-state index contributed by atoms with van der Waals surface area (Å²) >= 11 is 0. The summed E-state index contributed by atoms with van der Waals surface area (Å²) in [6, 6.07) is 7.91. The van der Waals surface area contributed by atoms with Gasteiger partial charge in [-0.25, -0.2) is 8.42 Å². The number of methoxy groups -OCH3 is 1. The molecule has 1 N–H and O–H groups in total. The molecule has 0 aliphatic carbocycles.